The van der Waals surface area contributed by atoms with Crippen molar-refractivity contribution in [1.29, 1.82) is 0 Å². The molecule has 0 spiro atoms. The largest absolute Gasteiger partial charge is 0.496 e. The van der Waals surface area contributed by atoms with Gasteiger partial charge in [-0.3, -0.25) is 4.79 Å². The van der Waals surface area contributed by atoms with Crippen LogP contribution in [-0.2, 0) is 21.2 Å². The van der Waals surface area contributed by atoms with Crippen molar-refractivity contribution in [2.24, 2.45) is 0 Å². The molecule has 0 atom stereocenters. The third-order valence-electron chi connectivity index (χ3n) is 5.29. The minimum absolute atomic E-state index is 0.0561. The van der Waals surface area contributed by atoms with Gasteiger partial charge < -0.3 is 10.1 Å². The normalized spacial score (nSPS) is 14.5. The lowest BCUT2D eigenvalue weighted by molar-refractivity contribution is -0.120. The van der Waals surface area contributed by atoms with E-state index in [2.05, 4.69) is 36.5 Å². The third kappa shape index (κ3) is 6.48. The predicted molar refractivity (Wildman–Crippen MR) is 124 cm³/mol. The van der Waals surface area contributed by atoms with E-state index in [4.69, 9.17) is 4.74 Å². The average Bonchev–Trinajstić information content (AvgIpc) is 3.32. The maximum absolute atomic E-state index is 12.8. The van der Waals surface area contributed by atoms with Crippen LogP contribution in [0.2, 0.25) is 0 Å². The first-order valence-electron chi connectivity index (χ1n) is 10.5. The van der Waals surface area contributed by atoms with E-state index in [0.29, 0.717) is 31.8 Å². The van der Waals surface area contributed by atoms with Crippen molar-refractivity contribution in [3.63, 3.8) is 0 Å². The van der Waals surface area contributed by atoms with E-state index in [1.54, 1.807) is 37.1 Å². The Kier molecular flexibility index (Phi) is 8.40. The molecule has 0 aromatic heterocycles. The number of hydrogen-bond acceptors (Lipinski definition) is 5. The number of aryl methyl sites for hydroxylation is 2. The molecule has 1 heterocycles. The number of carbonyl (C=O) groups is 1. The molecule has 31 heavy (non-hydrogen) atoms. The van der Waals surface area contributed by atoms with Gasteiger partial charge in [-0.2, -0.15) is 4.31 Å². The SMILES string of the molecule is COc1ccc(S(=O)(=O)N2CCCC2)cc1CCC(=O)NCCSc1ccc(C)cc1. The molecule has 0 bridgehead atoms. The molecule has 1 amide bonds. The molecule has 1 fully saturated rings. The van der Waals surface area contributed by atoms with E-state index in [9.17, 15) is 13.2 Å². The molecular formula is C23H30N2O4S2. The van der Waals surface area contributed by atoms with E-state index in [1.165, 1.54) is 14.8 Å². The first-order chi connectivity index (χ1) is 14.9. The highest BCUT2D eigenvalue weighted by Gasteiger charge is 2.27. The zero-order chi connectivity index (χ0) is 22.3. The summed E-state index contributed by atoms with van der Waals surface area (Å²) in [6.07, 6.45) is 2.48. The van der Waals surface area contributed by atoms with E-state index >= 15 is 0 Å². The Morgan fingerprint density at radius 1 is 1.13 bits per heavy atom. The fraction of sp³-hybridized carbons (Fsp3) is 0.435. The van der Waals surface area contributed by atoms with Crippen LogP contribution in [-0.4, -0.2) is 51.1 Å². The highest BCUT2D eigenvalue weighted by Crippen LogP contribution is 2.27. The summed E-state index contributed by atoms with van der Waals surface area (Å²) in [5.74, 6) is 1.34. The Morgan fingerprint density at radius 2 is 1.84 bits per heavy atom. The number of sulfonamides is 1. The maximum Gasteiger partial charge on any atom is 0.243 e. The van der Waals surface area contributed by atoms with Crippen LogP contribution in [0, 0.1) is 6.92 Å². The van der Waals surface area contributed by atoms with Gasteiger partial charge in [-0.1, -0.05) is 17.7 Å². The number of methoxy groups -OCH3 is 1. The maximum atomic E-state index is 12.8. The Balaban J connectivity index is 1.52. The minimum Gasteiger partial charge on any atom is -0.496 e. The summed E-state index contributed by atoms with van der Waals surface area (Å²) in [4.78, 5) is 13.7. The van der Waals surface area contributed by atoms with Crippen molar-refractivity contribution in [3.8, 4) is 5.75 Å². The molecule has 2 aromatic carbocycles. The van der Waals surface area contributed by atoms with Crippen LogP contribution in [0.5, 0.6) is 5.75 Å². The topological polar surface area (TPSA) is 75.7 Å². The van der Waals surface area contributed by atoms with Crippen LogP contribution >= 0.6 is 11.8 Å². The van der Waals surface area contributed by atoms with Gasteiger partial charge in [0.2, 0.25) is 15.9 Å². The lowest BCUT2D eigenvalue weighted by atomic mass is 10.1. The molecule has 2 aromatic rings. The molecule has 0 radical (unpaired) electrons. The molecule has 6 nitrogen and oxygen atoms in total. The summed E-state index contributed by atoms with van der Waals surface area (Å²) < 4.78 is 32.6. The van der Waals surface area contributed by atoms with E-state index < -0.39 is 10.0 Å². The number of carbonyl (C=O) groups excluding carboxylic acids is 1. The number of benzene rings is 2. The van der Waals surface area contributed by atoms with Crippen LogP contribution in [0.4, 0.5) is 0 Å². The van der Waals surface area contributed by atoms with Crippen molar-refractivity contribution in [2.45, 2.75) is 42.4 Å². The van der Waals surface area contributed by atoms with Crippen molar-refractivity contribution in [3.05, 3.63) is 53.6 Å². The molecule has 168 valence electrons. The van der Waals surface area contributed by atoms with Gasteiger partial charge in [0.05, 0.1) is 12.0 Å². The van der Waals surface area contributed by atoms with E-state index in [-0.39, 0.29) is 17.2 Å². The summed E-state index contributed by atoms with van der Waals surface area (Å²) in [6.45, 7) is 3.76. The Bertz CT molecular complexity index is 985. The smallest absolute Gasteiger partial charge is 0.243 e. The fourth-order valence-corrected chi connectivity index (χ4v) is 5.86. The first kappa shape index (κ1) is 23.6. The molecule has 0 saturated carbocycles. The van der Waals surface area contributed by atoms with Crippen LogP contribution in [0.15, 0.2) is 52.3 Å². The Labute approximate surface area is 189 Å². The molecule has 0 unspecified atom stereocenters. The number of nitrogens with one attached hydrogen (secondary N) is 1. The van der Waals surface area contributed by atoms with Gasteiger partial charge >= 0.3 is 0 Å². The quantitative estimate of drug-likeness (QED) is 0.431. The zero-order valence-electron chi connectivity index (χ0n) is 18.1. The van der Waals surface area contributed by atoms with Gasteiger partial charge in [-0.25, -0.2) is 8.42 Å². The molecule has 8 heteroatoms. The lowest BCUT2D eigenvalue weighted by Gasteiger charge is -2.17. The summed E-state index contributed by atoms with van der Waals surface area (Å²) in [6, 6.07) is 13.2. The van der Waals surface area contributed by atoms with Crippen molar-refractivity contribution in [2.75, 3.05) is 32.5 Å². The van der Waals surface area contributed by atoms with Gasteiger partial charge in [0.25, 0.3) is 0 Å². The number of rotatable bonds is 10. The van der Waals surface area contributed by atoms with Crippen LogP contribution in [0.3, 0.4) is 0 Å². The number of nitrogens with zero attached hydrogens (tertiary/aromatic N) is 1. The Morgan fingerprint density at radius 3 is 2.52 bits per heavy atom. The summed E-state index contributed by atoms with van der Waals surface area (Å²) in [5.41, 5.74) is 1.96. The van der Waals surface area contributed by atoms with E-state index in [1.807, 2.05) is 0 Å². The van der Waals surface area contributed by atoms with Crippen molar-refractivity contribution in [1.82, 2.24) is 9.62 Å². The second-order valence-electron chi connectivity index (χ2n) is 7.60. The van der Waals surface area contributed by atoms with Gasteiger partial charge in [-0.05, 0) is 62.1 Å². The summed E-state index contributed by atoms with van der Waals surface area (Å²) >= 11 is 1.70. The van der Waals surface area contributed by atoms with Gasteiger partial charge in [-0.15, -0.1) is 11.8 Å². The minimum atomic E-state index is -3.50. The fourth-order valence-electron chi connectivity index (χ4n) is 3.52. The predicted octanol–water partition coefficient (Wildman–Crippen LogP) is 3.63. The molecule has 1 aliphatic rings. The molecular weight excluding hydrogens is 432 g/mol. The lowest BCUT2D eigenvalue weighted by Crippen LogP contribution is -2.28. The van der Waals surface area contributed by atoms with Gasteiger partial charge in [0, 0.05) is 36.7 Å². The number of ether oxygens (including phenoxy) is 1. The second kappa shape index (κ2) is 11.0. The second-order valence-corrected chi connectivity index (χ2v) is 10.7. The van der Waals surface area contributed by atoms with E-state index in [0.717, 1.165) is 24.2 Å². The number of hydrogen-bond donors (Lipinski definition) is 1. The van der Waals surface area contributed by atoms with Crippen molar-refractivity contribution >= 4 is 27.7 Å². The van der Waals surface area contributed by atoms with Gasteiger partial charge in [0.15, 0.2) is 0 Å². The zero-order valence-corrected chi connectivity index (χ0v) is 19.7. The third-order valence-corrected chi connectivity index (χ3v) is 8.20. The molecule has 1 aliphatic heterocycles. The summed E-state index contributed by atoms with van der Waals surface area (Å²) in [7, 11) is -1.95. The van der Waals surface area contributed by atoms with Crippen LogP contribution in [0.25, 0.3) is 0 Å². The Hall–Kier alpha value is -2.03. The standard InChI is InChI=1S/C23H30N2O4S2/c1-18-5-8-20(9-6-18)30-16-13-24-23(26)12-7-19-17-21(10-11-22(19)29-2)31(27,28)25-14-3-4-15-25/h5-6,8-11,17H,3-4,7,12-16H2,1-2H3,(H,24,26). The summed E-state index contributed by atoms with van der Waals surface area (Å²) in [5, 5.41) is 2.93. The number of thioether (sulfide) groups is 1. The highest BCUT2D eigenvalue weighted by molar-refractivity contribution is 7.99. The van der Waals surface area contributed by atoms with Crippen molar-refractivity contribution < 1.29 is 17.9 Å². The monoisotopic (exact) mass is 462 g/mol. The van der Waals surface area contributed by atoms with Crippen LogP contribution < -0.4 is 10.1 Å². The molecule has 3 rings (SSSR count). The average molecular weight is 463 g/mol. The van der Waals surface area contributed by atoms with Gasteiger partial charge in [0.1, 0.15) is 5.75 Å². The molecule has 1 saturated heterocycles. The molecule has 0 aliphatic carbocycles. The van der Waals surface area contributed by atoms with Crippen LogP contribution in [0.1, 0.15) is 30.4 Å². The highest BCUT2D eigenvalue weighted by atomic mass is 32.2. The molecule has 1 N–H and O–H groups in total. The number of amides is 1. The first-order valence-corrected chi connectivity index (χ1v) is 13.0.